The molecule has 21 heavy (non-hydrogen) atoms. The molecule has 2 aromatic rings. The molecule has 0 saturated carbocycles. The van der Waals surface area contributed by atoms with E-state index in [2.05, 4.69) is 37.4 Å². The van der Waals surface area contributed by atoms with E-state index in [1.165, 1.54) is 11.1 Å². The first-order valence-electron chi connectivity index (χ1n) is 7.41. The number of amides is 2. The summed E-state index contributed by atoms with van der Waals surface area (Å²) < 4.78 is 0. The quantitative estimate of drug-likeness (QED) is 0.868. The molecular formula is C18H20N2O. The lowest BCUT2D eigenvalue weighted by Gasteiger charge is -2.18. The number of carbonyl (C=O) groups is 1. The van der Waals surface area contributed by atoms with Gasteiger partial charge >= 0.3 is 6.03 Å². The SMILES string of the molecule is CC(C)c1ccc(NC(=O)N2CCc3ccccc32)cc1. The molecule has 0 saturated heterocycles. The van der Waals surface area contributed by atoms with Crippen LogP contribution in [-0.2, 0) is 6.42 Å². The maximum absolute atomic E-state index is 12.4. The Bertz CT molecular complexity index is 647. The number of carbonyl (C=O) groups excluding carboxylic acids is 1. The predicted molar refractivity (Wildman–Crippen MR) is 87.0 cm³/mol. The Hall–Kier alpha value is -2.29. The van der Waals surface area contributed by atoms with Crippen LogP contribution in [0.5, 0.6) is 0 Å². The molecule has 2 amide bonds. The fourth-order valence-corrected chi connectivity index (χ4v) is 2.69. The maximum Gasteiger partial charge on any atom is 0.326 e. The minimum absolute atomic E-state index is 0.0581. The smallest absolute Gasteiger partial charge is 0.308 e. The van der Waals surface area contributed by atoms with E-state index in [9.17, 15) is 4.79 Å². The number of fused-ring (bicyclic) bond motifs is 1. The van der Waals surface area contributed by atoms with Crippen LogP contribution >= 0.6 is 0 Å². The largest absolute Gasteiger partial charge is 0.326 e. The summed E-state index contributed by atoms with van der Waals surface area (Å²) in [5, 5.41) is 2.98. The number of anilines is 2. The lowest BCUT2D eigenvalue weighted by atomic mass is 10.0. The van der Waals surface area contributed by atoms with Gasteiger partial charge in [-0.05, 0) is 41.7 Å². The van der Waals surface area contributed by atoms with Crippen molar-refractivity contribution < 1.29 is 4.79 Å². The van der Waals surface area contributed by atoms with Gasteiger partial charge in [0.15, 0.2) is 0 Å². The summed E-state index contributed by atoms with van der Waals surface area (Å²) in [6.45, 7) is 5.07. The number of hydrogen-bond donors (Lipinski definition) is 1. The predicted octanol–water partition coefficient (Wildman–Crippen LogP) is 4.40. The van der Waals surface area contributed by atoms with E-state index in [1.54, 1.807) is 0 Å². The van der Waals surface area contributed by atoms with Crippen molar-refractivity contribution in [3.63, 3.8) is 0 Å². The Labute approximate surface area is 125 Å². The first-order valence-corrected chi connectivity index (χ1v) is 7.41. The van der Waals surface area contributed by atoms with Crippen molar-refractivity contribution in [3.05, 3.63) is 59.7 Å². The Morgan fingerprint density at radius 1 is 1.10 bits per heavy atom. The van der Waals surface area contributed by atoms with Crippen molar-refractivity contribution in [3.8, 4) is 0 Å². The van der Waals surface area contributed by atoms with E-state index in [1.807, 2.05) is 35.2 Å². The molecule has 0 spiro atoms. The van der Waals surface area contributed by atoms with Crippen LogP contribution in [0.1, 0.15) is 30.9 Å². The summed E-state index contributed by atoms with van der Waals surface area (Å²) >= 11 is 0. The maximum atomic E-state index is 12.4. The van der Waals surface area contributed by atoms with Gasteiger partial charge in [-0.2, -0.15) is 0 Å². The van der Waals surface area contributed by atoms with Gasteiger partial charge in [-0.25, -0.2) is 4.79 Å². The van der Waals surface area contributed by atoms with Crippen LogP contribution in [0.25, 0.3) is 0 Å². The van der Waals surface area contributed by atoms with Gasteiger partial charge in [0.25, 0.3) is 0 Å². The number of rotatable bonds is 2. The zero-order valence-electron chi connectivity index (χ0n) is 12.5. The summed E-state index contributed by atoms with van der Waals surface area (Å²) in [6, 6.07) is 16.1. The molecule has 0 unspecified atom stereocenters. The van der Waals surface area contributed by atoms with Crippen LogP contribution in [0, 0.1) is 0 Å². The fraction of sp³-hybridized carbons (Fsp3) is 0.278. The van der Waals surface area contributed by atoms with Gasteiger partial charge in [0.2, 0.25) is 0 Å². The van der Waals surface area contributed by atoms with Gasteiger partial charge in [0.05, 0.1) is 0 Å². The molecule has 108 valence electrons. The van der Waals surface area contributed by atoms with Crippen LogP contribution in [0.15, 0.2) is 48.5 Å². The van der Waals surface area contributed by atoms with Crippen molar-refractivity contribution >= 4 is 17.4 Å². The molecule has 0 bridgehead atoms. The second kappa shape index (κ2) is 5.60. The van der Waals surface area contributed by atoms with Crippen molar-refractivity contribution in [1.82, 2.24) is 0 Å². The molecule has 3 heteroatoms. The molecular weight excluding hydrogens is 260 g/mol. The van der Waals surface area contributed by atoms with Gasteiger partial charge in [-0.15, -0.1) is 0 Å². The number of urea groups is 1. The number of hydrogen-bond acceptors (Lipinski definition) is 1. The zero-order valence-corrected chi connectivity index (χ0v) is 12.5. The van der Waals surface area contributed by atoms with Gasteiger partial charge in [0.1, 0.15) is 0 Å². The molecule has 1 heterocycles. The molecule has 0 radical (unpaired) electrons. The van der Waals surface area contributed by atoms with E-state index >= 15 is 0 Å². The minimum atomic E-state index is -0.0581. The summed E-state index contributed by atoms with van der Waals surface area (Å²) in [5.41, 5.74) is 4.38. The van der Waals surface area contributed by atoms with E-state index in [4.69, 9.17) is 0 Å². The third-order valence-corrected chi connectivity index (χ3v) is 3.96. The van der Waals surface area contributed by atoms with E-state index in [0.29, 0.717) is 5.92 Å². The summed E-state index contributed by atoms with van der Waals surface area (Å²) in [4.78, 5) is 14.2. The highest BCUT2D eigenvalue weighted by molar-refractivity contribution is 6.03. The molecule has 3 rings (SSSR count). The van der Waals surface area contributed by atoms with Crippen molar-refractivity contribution in [1.29, 1.82) is 0 Å². The highest BCUT2D eigenvalue weighted by Gasteiger charge is 2.23. The van der Waals surface area contributed by atoms with E-state index in [0.717, 1.165) is 24.3 Å². The Kier molecular flexibility index (Phi) is 3.65. The third-order valence-electron chi connectivity index (χ3n) is 3.96. The average Bonchev–Trinajstić information content (AvgIpc) is 2.92. The third kappa shape index (κ3) is 2.77. The summed E-state index contributed by atoms with van der Waals surface area (Å²) in [5.74, 6) is 0.500. The molecule has 3 nitrogen and oxygen atoms in total. The first-order chi connectivity index (χ1) is 10.1. The van der Waals surface area contributed by atoms with Gasteiger partial charge in [0, 0.05) is 17.9 Å². The molecule has 1 N–H and O–H groups in total. The van der Waals surface area contributed by atoms with Gasteiger partial charge in [-0.1, -0.05) is 44.2 Å². The van der Waals surface area contributed by atoms with E-state index < -0.39 is 0 Å². The zero-order chi connectivity index (χ0) is 14.8. The number of para-hydroxylation sites is 1. The first kappa shape index (κ1) is 13.7. The van der Waals surface area contributed by atoms with Crippen LogP contribution in [0.2, 0.25) is 0 Å². The van der Waals surface area contributed by atoms with E-state index in [-0.39, 0.29) is 6.03 Å². The molecule has 2 aromatic carbocycles. The minimum Gasteiger partial charge on any atom is -0.308 e. The van der Waals surface area contributed by atoms with Crippen LogP contribution in [-0.4, -0.2) is 12.6 Å². The normalized spacial score (nSPS) is 13.4. The molecule has 1 aliphatic heterocycles. The van der Waals surface area contributed by atoms with Crippen LogP contribution < -0.4 is 10.2 Å². The van der Waals surface area contributed by atoms with Crippen molar-refractivity contribution in [2.75, 3.05) is 16.8 Å². The lowest BCUT2D eigenvalue weighted by molar-refractivity contribution is 0.257. The molecule has 0 atom stereocenters. The number of benzene rings is 2. The molecule has 0 aliphatic carbocycles. The van der Waals surface area contributed by atoms with Crippen LogP contribution in [0.4, 0.5) is 16.2 Å². The monoisotopic (exact) mass is 280 g/mol. The number of nitrogens with zero attached hydrogens (tertiary/aromatic N) is 1. The highest BCUT2D eigenvalue weighted by atomic mass is 16.2. The second-order valence-corrected chi connectivity index (χ2v) is 5.74. The Balaban J connectivity index is 1.73. The summed E-state index contributed by atoms with van der Waals surface area (Å²) in [6.07, 6.45) is 0.926. The van der Waals surface area contributed by atoms with Gasteiger partial charge < -0.3 is 5.32 Å². The Morgan fingerprint density at radius 3 is 2.52 bits per heavy atom. The fourth-order valence-electron chi connectivity index (χ4n) is 2.69. The highest BCUT2D eigenvalue weighted by Crippen LogP contribution is 2.28. The topological polar surface area (TPSA) is 32.3 Å². The van der Waals surface area contributed by atoms with Gasteiger partial charge in [-0.3, -0.25) is 4.90 Å². The van der Waals surface area contributed by atoms with Crippen molar-refractivity contribution in [2.45, 2.75) is 26.2 Å². The molecule has 0 aromatic heterocycles. The molecule has 1 aliphatic rings. The Morgan fingerprint density at radius 2 is 1.81 bits per heavy atom. The van der Waals surface area contributed by atoms with Crippen molar-refractivity contribution in [2.24, 2.45) is 0 Å². The summed E-state index contributed by atoms with van der Waals surface area (Å²) in [7, 11) is 0. The second-order valence-electron chi connectivity index (χ2n) is 5.74. The average molecular weight is 280 g/mol. The van der Waals surface area contributed by atoms with Crippen LogP contribution in [0.3, 0.4) is 0 Å². The lowest BCUT2D eigenvalue weighted by Crippen LogP contribution is -2.33. The molecule has 0 fully saturated rings. The standard InChI is InChI=1S/C18H20N2O/c1-13(2)14-7-9-16(10-8-14)19-18(21)20-12-11-15-5-3-4-6-17(15)20/h3-10,13H,11-12H2,1-2H3,(H,19,21). The number of nitrogens with one attached hydrogen (secondary N) is 1.